The lowest BCUT2D eigenvalue weighted by Gasteiger charge is -2.40. The maximum absolute atomic E-state index is 9.58. The van der Waals surface area contributed by atoms with E-state index in [-0.39, 0.29) is 6.10 Å². The minimum Gasteiger partial charge on any atom is -0.449 e. The Morgan fingerprint density at radius 3 is 2.50 bits per heavy atom. The second-order valence-electron chi connectivity index (χ2n) is 6.13. The number of nitrogens with zero attached hydrogens (tertiary/aromatic N) is 3. The third-order valence-corrected chi connectivity index (χ3v) is 4.62. The van der Waals surface area contributed by atoms with Crippen molar-refractivity contribution >= 4 is 0 Å². The first-order valence-corrected chi connectivity index (χ1v) is 7.76. The van der Waals surface area contributed by atoms with Gasteiger partial charge in [-0.05, 0) is 25.7 Å². The first-order chi connectivity index (χ1) is 9.70. The molecule has 0 saturated carbocycles. The van der Waals surface area contributed by atoms with Crippen molar-refractivity contribution in [2.75, 3.05) is 26.2 Å². The van der Waals surface area contributed by atoms with Crippen LogP contribution in [-0.2, 0) is 6.54 Å². The average Bonchev–Trinajstić information content (AvgIpc) is 2.86. The summed E-state index contributed by atoms with van der Waals surface area (Å²) in [6.07, 6.45) is 6.05. The van der Waals surface area contributed by atoms with Gasteiger partial charge in [-0.2, -0.15) is 0 Å². The van der Waals surface area contributed by atoms with Gasteiger partial charge >= 0.3 is 0 Å². The fourth-order valence-corrected chi connectivity index (χ4v) is 3.40. The standard InChI is InChI=1S/C15H25N3O2/c1-12-16-13(11-20-12)10-17-6-2-14(3-7-17)18-8-4-15(19)5-9-18/h11,14-15,19H,2-10H2,1H3. The van der Waals surface area contributed by atoms with E-state index in [0.29, 0.717) is 6.04 Å². The quantitative estimate of drug-likeness (QED) is 0.906. The Kier molecular flexibility index (Phi) is 4.38. The van der Waals surface area contributed by atoms with Crippen LogP contribution in [0.25, 0.3) is 0 Å². The molecule has 2 fully saturated rings. The minimum absolute atomic E-state index is 0.0678. The maximum atomic E-state index is 9.58. The van der Waals surface area contributed by atoms with Crippen molar-refractivity contribution in [3.8, 4) is 0 Å². The van der Waals surface area contributed by atoms with Gasteiger partial charge in [0.05, 0.1) is 11.8 Å². The number of oxazole rings is 1. The molecule has 1 aromatic heterocycles. The van der Waals surface area contributed by atoms with E-state index >= 15 is 0 Å². The highest BCUT2D eigenvalue weighted by Crippen LogP contribution is 2.22. The van der Waals surface area contributed by atoms with Crippen molar-refractivity contribution in [2.45, 2.75) is 51.3 Å². The monoisotopic (exact) mass is 279 g/mol. The molecule has 2 saturated heterocycles. The third-order valence-electron chi connectivity index (χ3n) is 4.62. The molecule has 5 nitrogen and oxygen atoms in total. The molecule has 0 spiro atoms. The number of aromatic nitrogens is 1. The van der Waals surface area contributed by atoms with Crippen LogP contribution in [0.2, 0.25) is 0 Å². The molecule has 1 aromatic rings. The SMILES string of the molecule is Cc1nc(CN2CCC(N3CCC(O)CC3)CC2)co1. The molecule has 2 aliphatic rings. The third kappa shape index (κ3) is 3.40. The lowest BCUT2D eigenvalue weighted by molar-refractivity contribution is 0.0374. The predicted molar refractivity (Wildman–Crippen MR) is 76.4 cm³/mol. The molecule has 0 aromatic carbocycles. The van der Waals surface area contributed by atoms with Crippen LogP contribution in [0.1, 0.15) is 37.3 Å². The molecule has 0 radical (unpaired) electrons. The summed E-state index contributed by atoms with van der Waals surface area (Å²) in [6.45, 7) is 7.19. The van der Waals surface area contributed by atoms with Gasteiger partial charge in [0.2, 0.25) is 0 Å². The fourth-order valence-electron chi connectivity index (χ4n) is 3.40. The average molecular weight is 279 g/mol. The van der Waals surface area contributed by atoms with Crippen LogP contribution in [-0.4, -0.2) is 58.2 Å². The topological polar surface area (TPSA) is 52.7 Å². The van der Waals surface area contributed by atoms with E-state index in [1.165, 1.54) is 12.8 Å². The summed E-state index contributed by atoms with van der Waals surface area (Å²) in [5.41, 5.74) is 1.04. The van der Waals surface area contributed by atoms with Gasteiger partial charge in [0.1, 0.15) is 6.26 Å². The molecule has 112 valence electrons. The van der Waals surface area contributed by atoms with Crippen LogP contribution < -0.4 is 0 Å². The molecule has 3 rings (SSSR count). The Morgan fingerprint density at radius 1 is 1.20 bits per heavy atom. The van der Waals surface area contributed by atoms with E-state index in [4.69, 9.17) is 4.42 Å². The van der Waals surface area contributed by atoms with Gasteiger partial charge in [0.25, 0.3) is 0 Å². The van der Waals surface area contributed by atoms with Crippen molar-refractivity contribution in [1.82, 2.24) is 14.8 Å². The molecule has 3 heterocycles. The van der Waals surface area contributed by atoms with E-state index in [2.05, 4.69) is 14.8 Å². The zero-order chi connectivity index (χ0) is 13.9. The van der Waals surface area contributed by atoms with Crippen LogP contribution in [0.15, 0.2) is 10.7 Å². The van der Waals surface area contributed by atoms with E-state index < -0.39 is 0 Å². The Balaban J connectivity index is 1.45. The summed E-state index contributed by atoms with van der Waals surface area (Å²) < 4.78 is 5.26. The first-order valence-electron chi connectivity index (χ1n) is 7.76. The Labute approximate surface area is 120 Å². The number of hydrogen-bond donors (Lipinski definition) is 1. The zero-order valence-electron chi connectivity index (χ0n) is 12.3. The van der Waals surface area contributed by atoms with Crippen molar-refractivity contribution in [3.05, 3.63) is 17.8 Å². The van der Waals surface area contributed by atoms with Gasteiger partial charge < -0.3 is 14.4 Å². The number of piperidine rings is 2. The Hall–Kier alpha value is -0.910. The number of aryl methyl sites for hydroxylation is 1. The highest BCUT2D eigenvalue weighted by molar-refractivity contribution is 4.96. The smallest absolute Gasteiger partial charge is 0.191 e. The van der Waals surface area contributed by atoms with Crippen LogP contribution in [0, 0.1) is 6.92 Å². The molecule has 0 aliphatic carbocycles. The lowest BCUT2D eigenvalue weighted by atomic mass is 9.99. The largest absolute Gasteiger partial charge is 0.449 e. The number of aliphatic hydroxyl groups is 1. The molecular formula is C15H25N3O2. The van der Waals surface area contributed by atoms with Gasteiger partial charge in [0.15, 0.2) is 5.89 Å². The van der Waals surface area contributed by atoms with E-state index in [0.717, 1.165) is 57.2 Å². The molecular weight excluding hydrogens is 254 g/mol. The molecule has 5 heteroatoms. The molecule has 20 heavy (non-hydrogen) atoms. The van der Waals surface area contributed by atoms with Crippen LogP contribution >= 0.6 is 0 Å². The maximum Gasteiger partial charge on any atom is 0.191 e. The highest BCUT2D eigenvalue weighted by Gasteiger charge is 2.27. The summed E-state index contributed by atoms with van der Waals surface area (Å²) in [7, 11) is 0. The van der Waals surface area contributed by atoms with Gasteiger partial charge in [-0.3, -0.25) is 4.90 Å². The second-order valence-corrected chi connectivity index (χ2v) is 6.13. The summed E-state index contributed by atoms with van der Waals surface area (Å²) in [5, 5.41) is 9.58. The van der Waals surface area contributed by atoms with E-state index in [1.54, 1.807) is 6.26 Å². The summed E-state index contributed by atoms with van der Waals surface area (Å²) in [6, 6.07) is 0.706. The minimum atomic E-state index is -0.0678. The number of rotatable bonds is 3. The van der Waals surface area contributed by atoms with E-state index in [1.807, 2.05) is 6.92 Å². The van der Waals surface area contributed by atoms with Crippen molar-refractivity contribution in [1.29, 1.82) is 0 Å². The normalized spacial score (nSPS) is 24.3. The van der Waals surface area contributed by atoms with Crippen LogP contribution in [0.4, 0.5) is 0 Å². The summed E-state index contributed by atoms with van der Waals surface area (Å²) in [4.78, 5) is 9.41. The highest BCUT2D eigenvalue weighted by atomic mass is 16.3. The zero-order valence-corrected chi connectivity index (χ0v) is 12.3. The molecule has 0 atom stereocenters. The second kappa shape index (κ2) is 6.24. The molecule has 0 amide bonds. The molecule has 2 aliphatic heterocycles. The van der Waals surface area contributed by atoms with Crippen molar-refractivity contribution in [3.63, 3.8) is 0 Å². The van der Waals surface area contributed by atoms with E-state index in [9.17, 15) is 5.11 Å². The molecule has 0 unspecified atom stereocenters. The van der Waals surface area contributed by atoms with Gasteiger partial charge in [-0.1, -0.05) is 0 Å². The lowest BCUT2D eigenvalue weighted by Crippen LogP contribution is -2.48. The van der Waals surface area contributed by atoms with Gasteiger partial charge in [-0.25, -0.2) is 4.98 Å². The van der Waals surface area contributed by atoms with Crippen molar-refractivity contribution < 1.29 is 9.52 Å². The molecule has 1 N–H and O–H groups in total. The van der Waals surface area contributed by atoms with Gasteiger partial charge in [0, 0.05) is 45.7 Å². The predicted octanol–water partition coefficient (Wildman–Crippen LogP) is 1.40. The summed E-state index contributed by atoms with van der Waals surface area (Å²) in [5.74, 6) is 0.752. The van der Waals surface area contributed by atoms with Gasteiger partial charge in [-0.15, -0.1) is 0 Å². The number of aliphatic hydroxyl groups excluding tert-OH is 1. The Morgan fingerprint density at radius 2 is 1.90 bits per heavy atom. The number of likely N-dealkylation sites (tertiary alicyclic amines) is 2. The Bertz CT molecular complexity index is 419. The fraction of sp³-hybridized carbons (Fsp3) is 0.800. The van der Waals surface area contributed by atoms with Crippen LogP contribution in [0.5, 0.6) is 0 Å². The summed E-state index contributed by atoms with van der Waals surface area (Å²) >= 11 is 0. The van der Waals surface area contributed by atoms with Crippen molar-refractivity contribution in [2.24, 2.45) is 0 Å². The molecule has 0 bridgehead atoms. The van der Waals surface area contributed by atoms with Crippen LogP contribution in [0.3, 0.4) is 0 Å². The first kappa shape index (κ1) is 14.0. The number of hydrogen-bond acceptors (Lipinski definition) is 5.